The summed E-state index contributed by atoms with van der Waals surface area (Å²) in [5.74, 6) is -1.89. The van der Waals surface area contributed by atoms with Crippen molar-refractivity contribution in [3.8, 4) is 0 Å². The fourth-order valence-electron chi connectivity index (χ4n) is 3.45. The van der Waals surface area contributed by atoms with Crippen molar-refractivity contribution in [2.24, 2.45) is 0 Å². The summed E-state index contributed by atoms with van der Waals surface area (Å²) in [4.78, 5) is 41.3. The minimum absolute atomic E-state index is 0.132. The number of nitrogens with zero attached hydrogens (tertiary/aromatic N) is 1. The zero-order chi connectivity index (χ0) is 21.7. The molecule has 0 fully saturated rings. The standard InChI is InChI=1S/C23H25N3O4/c1-15(27)26(2)21(12-16-8-4-3-5-9-16)22(28)25-20(23(29)30)13-17-14-24-19-11-7-6-10-18(17)19/h3-11,14,20-21,24H,12-13H2,1-2H3,(H,25,28)(H,29,30)/t20-,21+/m1/s1. The quantitative estimate of drug-likeness (QED) is 0.533. The molecule has 2 amide bonds. The molecule has 30 heavy (non-hydrogen) atoms. The molecule has 2 aromatic carbocycles. The maximum absolute atomic E-state index is 13.0. The number of fused-ring (bicyclic) bond motifs is 1. The van der Waals surface area contributed by atoms with Crippen molar-refractivity contribution >= 4 is 28.7 Å². The third kappa shape index (κ3) is 4.86. The smallest absolute Gasteiger partial charge is 0.326 e. The molecule has 0 aliphatic rings. The average molecular weight is 407 g/mol. The topological polar surface area (TPSA) is 103 Å². The molecule has 156 valence electrons. The number of amides is 2. The molecule has 1 heterocycles. The Labute approximate surface area is 174 Å². The van der Waals surface area contributed by atoms with Crippen molar-refractivity contribution in [3.63, 3.8) is 0 Å². The molecule has 0 saturated heterocycles. The molecule has 3 rings (SSSR count). The number of hydrogen-bond acceptors (Lipinski definition) is 3. The highest BCUT2D eigenvalue weighted by atomic mass is 16.4. The van der Waals surface area contributed by atoms with Crippen molar-refractivity contribution in [1.82, 2.24) is 15.2 Å². The zero-order valence-electron chi connectivity index (χ0n) is 17.0. The van der Waals surface area contributed by atoms with E-state index in [0.29, 0.717) is 6.42 Å². The summed E-state index contributed by atoms with van der Waals surface area (Å²) < 4.78 is 0. The van der Waals surface area contributed by atoms with Gasteiger partial charge >= 0.3 is 5.97 Å². The Morgan fingerprint density at radius 3 is 2.37 bits per heavy atom. The zero-order valence-corrected chi connectivity index (χ0v) is 17.0. The van der Waals surface area contributed by atoms with E-state index in [0.717, 1.165) is 22.0 Å². The van der Waals surface area contributed by atoms with Gasteiger partial charge in [0.15, 0.2) is 0 Å². The molecular weight excluding hydrogens is 382 g/mol. The number of aromatic amines is 1. The first-order valence-corrected chi connectivity index (χ1v) is 9.72. The Morgan fingerprint density at radius 2 is 1.70 bits per heavy atom. The van der Waals surface area contributed by atoms with Gasteiger partial charge in [0.25, 0.3) is 0 Å². The van der Waals surface area contributed by atoms with Gasteiger partial charge in [-0.25, -0.2) is 4.79 Å². The summed E-state index contributed by atoms with van der Waals surface area (Å²) in [7, 11) is 1.55. The first-order chi connectivity index (χ1) is 14.4. The van der Waals surface area contributed by atoms with Crippen LogP contribution in [0.4, 0.5) is 0 Å². The number of aliphatic carboxylic acids is 1. The van der Waals surface area contributed by atoms with Gasteiger partial charge in [-0.2, -0.15) is 0 Å². The third-order valence-corrected chi connectivity index (χ3v) is 5.25. The van der Waals surface area contributed by atoms with E-state index < -0.39 is 24.0 Å². The van der Waals surface area contributed by atoms with Gasteiger partial charge in [-0.05, 0) is 17.2 Å². The molecule has 7 nitrogen and oxygen atoms in total. The molecule has 0 radical (unpaired) electrons. The normalized spacial score (nSPS) is 12.9. The monoisotopic (exact) mass is 407 g/mol. The molecule has 1 aromatic heterocycles. The van der Waals surface area contributed by atoms with Crippen LogP contribution >= 0.6 is 0 Å². The largest absolute Gasteiger partial charge is 0.480 e. The molecule has 0 unspecified atom stereocenters. The molecule has 2 atom stereocenters. The molecule has 3 N–H and O–H groups in total. The number of rotatable bonds is 8. The highest BCUT2D eigenvalue weighted by Gasteiger charge is 2.30. The molecule has 0 spiro atoms. The van der Waals surface area contributed by atoms with E-state index in [1.54, 1.807) is 13.2 Å². The lowest BCUT2D eigenvalue weighted by Gasteiger charge is -2.28. The fourth-order valence-corrected chi connectivity index (χ4v) is 3.45. The van der Waals surface area contributed by atoms with Gasteiger partial charge in [0.2, 0.25) is 11.8 Å². The molecule has 0 aliphatic heterocycles. The summed E-state index contributed by atoms with van der Waals surface area (Å²) in [6.45, 7) is 1.38. The van der Waals surface area contributed by atoms with Crippen molar-refractivity contribution in [1.29, 1.82) is 0 Å². The molecule has 0 bridgehead atoms. The van der Waals surface area contributed by atoms with Crippen LogP contribution in [0.1, 0.15) is 18.1 Å². The fraction of sp³-hybridized carbons (Fsp3) is 0.261. The van der Waals surface area contributed by atoms with Gasteiger partial charge in [0.05, 0.1) is 0 Å². The van der Waals surface area contributed by atoms with Crippen molar-refractivity contribution in [2.75, 3.05) is 7.05 Å². The van der Waals surface area contributed by atoms with Gasteiger partial charge in [-0.15, -0.1) is 0 Å². The van der Waals surface area contributed by atoms with E-state index >= 15 is 0 Å². The van der Waals surface area contributed by atoms with Gasteiger partial charge in [-0.1, -0.05) is 48.5 Å². The number of para-hydroxylation sites is 1. The van der Waals surface area contributed by atoms with Crippen LogP contribution in [0, 0.1) is 0 Å². The number of H-pyrrole nitrogens is 1. The maximum atomic E-state index is 13.0. The summed E-state index contributed by atoms with van der Waals surface area (Å²) in [6.07, 6.45) is 2.19. The number of hydrogen-bond donors (Lipinski definition) is 3. The van der Waals surface area contributed by atoms with Crippen molar-refractivity contribution < 1.29 is 19.5 Å². The number of nitrogens with one attached hydrogen (secondary N) is 2. The molecular formula is C23H25N3O4. The van der Waals surface area contributed by atoms with Crippen LogP contribution < -0.4 is 5.32 Å². The maximum Gasteiger partial charge on any atom is 0.326 e. The second-order valence-electron chi connectivity index (χ2n) is 7.30. The number of carbonyl (C=O) groups excluding carboxylic acids is 2. The van der Waals surface area contributed by atoms with Crippen LogP contribution in [0.3, 0.4) is 0 Å². The van der Waals surface area contributed by atoms with E-state index in [-0.39, 0.29) is 12.3 Å². The summed E-state index contributed by atoms with van der Waals surface area (Å²) in [5.41, 5.74) is 2.59. The minimum Gasteiger partial charge on any atom is -0.480 e. The Hall–Kier alpha value is -3.61. The van der Waals surface area contributed by atoms with Crippen molar-refractivity contribution in [2.45, 2.75) is 31.8 Å². The summed E-state index contributed by atoms with van der Waals surface area (Å²) in [5, 5.41) is 13.3. The van der Waals surface area contributed by atoms with Crippen LogP contribution in [-0.2, 0) is 27.2 Å². The Bertz CT molecular complexity index is 1040. The first kappa shape index (κ1) is 21.1. The van der Waals surface area contributed by atoms with Gasteiger partial charge in [0, 0.05) is 43.9 Å². The van der Waals surface area contributed by atoms with Crippen LogP contribution in [0.25, 0.3) is 10.9 Å². The average Bonchev–Trinajstić information content (AvgIpc) is 3.14. The summed E-state index contributed by atoms with van der Waals surface area (Å²) >= 11 is 0. The third-order valence-electron chi connectivity index (χ3n) is 5.25. The number of likely N-dealkylation sites (N-methyl/N-ethyl adjacent to an activating group) is 1. The molecule has 0 aliphatic carbocycles. The Balaban J connectivity index is 1.80. The van der Waals surface area contributed by atoms with E-state index in [1.807, 2.05) is 54.6 Å². The van der Waals surface area contributed by atoms with Gasteiger partial charge in [0.1, 0.15) is 12.1 Å². The first-order valence-electron chi connectivity index (χ1n) is 9.72. The lowest BCUT2D eigenvalue weighted by Crippen LogP contribution is -2.53. The van der Waals surface area contributed by atoms with E-state index in [2.05, 4.69) is 10.3 Å². The van der Waals surface area contributed by atoms with E-state index in [4.69, 9.17) is 0 Å². The Kier molecular flexibility index (Phi) is 6.51. The second-order valence-corrected chi connectivity index (χ2v) is 7.30. The summed E-state index contributed by atoms with van der Waals surface area (Å²) in [6, 6.07) is 15.0. The van der Waals surface area contributed by atoms with Crippen LogP contribution in [0.15, 0.2) is 60.8 Å². The number of carboxylic acids is 1. The molecule has 7 heteroatoms. The lowest BCUT2D eigenvalue weighted by atomic mass is 10.0. The van der Waals surface area contributed by atoms with Crippen LogP contribution in [0.5, 0.6) is 0 Å². The van der Waals surface area contributed by atoms with Crippen molar-refractivity contribution in [3.05, 3.63) is 71.9 Å². The highest BCUT2D eigenvalue weighted by molar-refractivity contribution is 5.91. The SMILES string of the molecule is CC(=O)N(C)[C@@H](Cc1ccccc1)C(=O)N[C@H](Cc1c[nH]c2ccccc12)C(=O)O. The van der Waals surface area contributed by atoms with Crippen LogP contribution in [0.2, 0.25) is 0 Å². The van der Waals surface area contributed by atoms with Crippen LogP contribution in [-0.4, -0.2) is 51.9 Å². The molecule has 0 saturated carbocycles. The van der Waals surface area contributed by atoms with E-state index in [1.165, 1.54) is 11.8 Å². The number of aromatic nitrogens is 1. The predicted molar refractivity (Wildman–Crippen MR) is 114 cm³/mol. The Morgan fingerprint density at radius 1 is 1.03 bits per heavy atom. The predicted octanol–water partition coefficient (Wildman–Crippen LogP) is 2.37. The number of benzene rings is 2. The lowest BCUT2D eigenvalue weighted by molar-refractivity contribution is -0.143. The van der Waals surface area contributed by atoms with Gasteiger partial charge < -0.3 is 20.3 Å². The van der Waals surface area contributed by atoms with Gasteiger partial charge in [-0.3, -0.25) is 9.59 Å². The number of carbonyl (C=O) groups is 3. The highest BCUT2D eigenvalue weighted by Crippen LogP contribution is 2.19. The number of carboxylic acid groups (broad SMARTS) is 1. The molecule has 3 aromatic rings. The minimum atomic E-state index is -1.13. The second kappa shape index (κ2) is 9.26. The van der Waals surface area contributed by atoms with E-state index in [9.17, 15) is 19.5 Å².